The van der Waals surface area contributed by atoms with E-state index in [0.29, 0.717) is 12.0 Å². The van der Waals surface area contributed by atoms with Crippen LogP contribution in [0, 0.1) is 0 Å². The molecule has 0 aromatic carbocycles. The van der Waals surface area contributed by atoms with Gasteiger partial charge >= 0.3 is 0 Å². The van der Waals surface area contributed by atoms with Crippen LogP contribution >= 0.6 is 0 Å². The summed E-state index contributed by atoms with van der Waals surface area (Å²) in [4.78, 5) is 6.76. The molecule has 0 bridgehead atoms. The molecule has 0 atom stereocenters. The van der Waals surface area contributed by atoms with Crippen molar-refractivity contribution in [3.05, 3.63) is 0 Å². The summed E-state index contributed by atoms with van der Waals surface area (Å²) in [5.74, 6) is 6.04. The Kier molecular flexibility index (Phi) is 8.94. The Morgan fingerprint density at radius 2 is 2.00 bits per heavy atom. The third-order valence-electron chi connectivity index (χ3n) is 2.24. The van der Waals surface area contributed by atoms with Crippen LogP contribution < -0.4 is 16.6 Å². The van der Waals surface area contributed by atoms with Gasteiger partial charge in [-0.1, -0.05) is 13.8 Å². The van der Waals surface area contributed by atoms with Crippen molar-refractivity contribution < 1.29 is 0 Å². The number of hydrazine groups is 1. The molecule has 0 aliphatic heterocycles. The maximum Gasteiger partial charge on any atom is 0.205 e. The van der Waals surface area contributed by atoms with E-state index in [9.17, 15) is 0 Å². The molecule has 5 nitrogen and oxygen atoms in total. The zero-order valence-corrected chi connectivity index (χ0v) is 11.1. The minimum Gasteiger partial charge on any atom is -0.353 e. The summed E-state index contributed by atoms with van der Waals surface area (Å²) in [5.41, 5.74) is 2.58. The predicted octanol–water partition coefficient (Wildman–Crippen LogP) is 0.536. The summed E-state index contributed by atoms with van der Waals surface area (Å²) < 4.78 is 0. The second-order valence-corrected chi connectivity index (χ2v) is 4.11. The van der Waals surface area contributed by atoms with Crippen LogP contribution in [-0.2, 0) is 0 Å². The second kappa shape index (κ2) is 9.42. The van der Waals surface area contributed by atoms with Crippen LogP contribution in [0.5, 0.6) is 0 Å². The molecule has 0 heterocycles. The largest absolute Gasteiger partial charge is 0.353 e. The molecular weight excluding hydrogens is 202 g/mol. The summed E-state index contributed by atoms with van der Waals surface area (Å²) >= 11 is 0. The van der Waals surface area contributed by atoms with Gasteiger partial charge in [0.15, 0.2) is 0 Å². The summed E-state index contributed by atoms with van der Waals surface area (Å²) in [5, 5.41) is 3.15. The van der Waals surface area contributed by atoms with Crippen molar-refractivity contribution in [1.82, 2.24) is 15.6 Å². The monoisotopic (exact) mass is 229 g/mol. The van der Waals surface area contributed by atoms with Gasteiger partial charge in [0.1, 0.15) is 0 Å². The minimum absolute atomic E-state index is 0.340. The van der Waals surface area contributed by atoms with Gasteiger partial charge in [0.05, 0.1) is 6.54 Å². The maximum atomic E-state index is 5.37. The van der Waals surface area contributed by atoms with Crippen LogP contribution in [0.25, 0.3) is 0 Å². The molecule has 0 unspecified atom stereocenters. The van der Waals surface area contributed by atoms with E-state index in [1.54, 1.807) is 0 Å². The highest BCUT2D eigenvalue weighted by atomic mass is 15.3. The molecule has 0 amide bonds. The normalized spacial score (nSPS) is 12.3. The van der Waals surface area contributed by atoms with Gasteiger partial charge in [0.25, 0.3) is 0 Å². The van der Waals surface area contributed by atoms with E-state index in [1.165, 1.54) is 6.42 Å². The van der Waals surface area contributed by atoms with Gasteiger partial charge in [0.2, 0.25) is 5.96 Å². The Morgan fingerprint density at radius 1 is 1.31 bits per heavy atom. The van der Waals surface area contributed by atoms with Crippen molar-refractivity contribution in [1.29, 1.82) is 0 Å². The highest BCUT2D eigenvalue weighted by Crippen LogP contribution is 1.90. The van der Waals surface area contributed by atoms with Crippen LogP contribution in [0.3, 0.4) is 0 Å². The van der Waals surface area contributed by atoms with E-state index in [-0.39, 0.29) is 0 Å². The third kappa shape index (κ3) is 7.48. The van der Waals surface area contributed by atoms with E-state index in [0.717, 1.165) is 26.2 Å². The number of nitrogens with zero attached hydrogens (tertiary/aromatic N) is 2. The van der Waals surface area contributed by atoms with Crippen molar-refractivity contribution in [2.75, 3.05) is 26.2 Å². The molecule has 96 valence electrons. The molecule has 16 heavy (non-hydrogen) atoms. The molecule has 0 aliphatic carbocycles. The average molecular weight is 229 g/mol. The predicted molar refractivity (Wildman–Crippen MR) is 70.3 cm³/mol. The fraction of sp³-hybridized carbons (Fsp3) is 0.909. The smallest absolute Gasteiger partial charge is 0.205 e. The fourth-order valence-electron chi connectivity index (χ4n) is 1.45. The number of rotatable bonds is 7. The van der Waals surface area contributed by atoms with Gasteiger partial charge in [-0.15, -0.1) is 0 Å². The summed E-state index contributed by atoms with van der Waals surface area (Å²) in [6.07, 6.45) is 1.18. The number of hydrogen-bond acceptors (Lipinski definition) is 3. The Morgan fingerprint density at radius 3 is 2.44 bits per heavy atom. The van der Waals surface area contributed by atoms with Crippen molar-refractivity contribution in [3.8, 4) is 0 Å². The van der Waals surface area contributed by atoms with Crippen LogP contribution in [0.4, 0.5) is 0 Å². The van der Waals surface area contributed by atoms with Gasteiger partial charge in [-0.25, -0.2) is 5.84 Å². The Bertz CT molecular complexity index is 191. The lowest BCUT2D eigenvalue weighted by Gasteiger charge is -2.18. The first-order chi connectivity index (χ1) is 7.63. The lowest BCUT2D eigenvalue weighted by atomic mass is 10.4. The molecule has 0 aliphatic rings. The van der Waals surface area contributed by atoms with Crippen LogP contribution in [0.2, 0.25) is 0 Å². The molecule has 0 aromatic heterocycles. The summed E-state index contributed by atoms with van der Waals surface area (Å²) in [7, 11) is 0. The van der Waals surface area contributed by atoms with Crippen molar-refractivity contribution in [3.63, 3.8) is 0 Å². The maximum absolute atomic E-state index is 5.37. The Labute approximate surface area is 99.5 Å². The first-order valence-electron chi connectivity index (χ1n) is 6.13. The van der Waals surface area contributed by atoms with Gasteiger partial charge in [-0.05, 0) is 33.4 Å². The van der Waals surface area contributed by atoms with Crippen LogP contribution in [0.1, 0.15) is 34.1 Å². The zero-order valence-electron chi connectivity index (χ0n) is 11.1. The van der Waals surface area contributed by atoms with E-state index < -0.39 is 0 Å². The molecule has 0 spiro atoms. The standard InChI is InChI=1S/C11H27N5/c1-5-8-16(6-2)9-7-13-11(15-12)14-10(3)4/h10H,5-9,12H2,1-4H3,(H2,13,14,15). The van der Waals surface area contributed by atoms with Gasteiger partial charge in [-0.2, -0.15) is 0 Å². The van der Waals surface area contributed by atoms with Crippen LogP contribution in [-0.4, -0.2) is 43.1 Å². The molecule has 0 radical (unpaired) electrons. The second-order valence-electron chi connectivity index (χ2n) is 4.11. The molecule has 0 rings (SSSR count). The number of aliphatic imine (C=N–C) groups is 1. The van der Waals surface area contributed by atoms with E-state index in [2.05, 4.69) is 48.3 Å². The lowest BCUT2D eigenvalue weighted by Crippen LogP contribution is -2.45. The quantitative estimate of drug-likeness (QED) is 0.258. The van der Waals surface area contributed by atoms with Crippen molar-refractivity contribution >= 4 is 5.96 Å². The Hall–Kier alpha value is -0.810. The van der Waals surface area contributed by atoms with Gasteiger partial charge in [-0.3, -0.25) is 10.4 Å². The van der Waals surface area contributed by atoms with Crippen molar-refractivity contribution in [2.24, 2.45) is 10.8 Å². The van der Waals surface area contributed by atoms with E-state index in [1.807, 2.05) is 0 Å². The number of likely N-dealkylation sites (N-methyl/N-ethyl adjacent to an activating group) is 1. The van der Waals surface area contributed by atoms with E-state index in [4.69, 9.17) is 5.84 Å². The topological polar surface area (TPSA) is 65.7 Å². The number of guanidine groups is 1. The van der Waals surface area contributed by atoms with E-state index >= 15 is 0 Å². The van der Waals surface area contributed by atoms with Gasteiger partial charge in [0, 0.05) is 12.6 Å². The number of nitrogens with two attached hydrogens (primary N) is 1. The van der Waals surface area contributed by atoms with Crippen LogP contribution in [0.15, 0.2) is 4.99 Å². The first kappa shape index (κ1) is 15.2. The molecule has 0 aromatic rings. The highest BCUT2D eigenvalue weighted by molar-refractivity contribution is 5.79. The zero-order chi connectivity index (χ0) is 12.4. The molecule has 4 N–H and O–H groups in total. The molecule has 0 fully saturated rings. The molecule has 0 saturated carbocycles. The summed E-state index contributed by atoms with van der Waals surface area (Å²) in [6.45, 7) is 12.4. The SMILES string of the molecule is CCCN(CC)CCN=C(NN)NC(C)C. The average Bonchev–Trinajstić information content (AvgIpc) is 2.25. The highest BCUT2D eigenvalue weighted by Gasteiger charge is 2.01. The minimum atomic E-state index is 0.340. The number of hydrogen-bond donors (Lipinski definition) is 3. The Balaban J connectivity index is 3.93. The fourth-order valence-corrected chi connectivity index (χ4v) is 1.45. The summed E-state index contributed by atoms with van der Waals surface area (Å²) in [6, 6.07) is 0.340. The van der Waals surface area contributed by atoms with Gasteiger partial charge < -0.3 is 10.2 Å². The molecule has 5 heteroatoms. The van der Waals surface area contributed by atoms with Crippen molar-refractivity contribution in [2.45, 2.75) is 40.2 Å². The molecular formula is C11H27N5. The third-order valence-corrected chi connectivity index (χ3v) is 2.24. The first-order valence-corrected chi connectivity index (χ1v) is 6.13. The molecule has 0 saturated heterocycles. The number of nitrogens with one attached hydrogen (secondary N) is 2. The lowest BCUT2D eigenvalue weighted by molar-refractivity contribution is 0.297.